The highest BCUT2D eigenvalue weighted by atomic mass is 32.1. The quantitative estimate of drug-likeness (QED) is 0.689. The molecule has 0 atom stereocenters. The Morgan fingerprint density at radius 1 is 1.14 bits per heavy atom. The van der Waals surface area contributed by atoms with E-state index in [4.69, 9.17) is 11.5 Å². The van der Waals surface area contributed by atoms with Crippen LogP contribution in [0.25, 0.3) is 10.4 Å². The summed E-state index contributed by atoms with van der Waals surface area (Å²) in [6.45, 7) is 0. The Labute approximate surface area is 131 Å². The molecule has 0 aliphatic heterocycles. The van der Waals surface area contributed by atoms with E-state index in [1.54, 1.807) is 24.4 Å². The minimum absolute atomic E-state index is 0.447. The number of hydrogen-bond acceptors (Lipinski definition) is 5. The first kappa shape index (κ1) is 14.1. The third kappa shape index (κ3) is 2.91. The molecule has 110 valence electrons. The second kappa shape index (κ2) is 5.87. The summed E-state index contributed by atoms with van der Waals surface area (Å²) in [4.78, 5) is 16.8. The van der Waals surface area contributed by atoms with Gasteiger partial charge in [0, 0.05) is 4.88 Å². The summed E-state index contributed by atoms with van der Waals surface area (Å²) >= 11 is 1.46. The van der Waals surface area contributed by atoms with Crippen molar-refractivity contribution in [3.05, 3.63) is 60.3 Å². The predicted octanol–water partition coefficient (Wildman–Crippen LogP) is 3.23. The number of nitrogens with zero attached hydrogens (tertiary/aromatic N) is 1. The molecule has 0 bridgehead atoms. The lowest BCUT2D eigenvalue weighted by Crippen LogP contribution is -2.11. The Morgan fingerprint density at radius 3 is 2.55 bits per heavy atom. The molecule has 3 aromatic rings. The first-order valence-corrected chi connectivity index (χ1v) is 7.43. The normalized spacial score (nSPS) is 10.4. The fourth-order valence-corrected chi connectivity index (χ4v) is 3.08. The van der Waals surface area contributed by atoms with Crippen LogP contribution in [0.3, 0.4) is 0 Å². The molecule has 5 nitrogen and oxygen atoms in total. The molecule has 3 rings (SSSR count). The van der Waals surface area contributed by atoms with Crippen LogP contribution in [0.5, 0.6) is 0 Å². The van der Waals surface area contributed by atoms with Crippen LogP contribution >= 0.6 is 11.3 Å². The monoisotopic (exact) mass is 310 g/mol. The van der Waals surface area contributed by atoms with Crippen molar-refractivity contribution in [2.45, 2.75) is 0 Å². The summed E-state index contributed by atoms with van der Waals surface area (Å²) in [6, 6.07) is 15.1. The van der Waals surface area contributed by atoms with Crippen molar-refractivity contribution in [1.82, 2.24) is 4.98 Å². The maximum Gasteiger partial charge on any atom is 0.251 e. The van der Waals surface area contributed by atoms with Crippen LogP contribution < -0.4 is 16.8 Å². The number of rotatable bonds is 4. The fourth-order valence-electron chi connectivity index (χ4n) is 2.01. The van der Waals surface area contributed by atoms with Gasteiger partial charge in [-0.25, -0.2) is 4.98 Å². The average molecular weight is 310 g/mol. The molecule has 2 aromatic heterocycles. The van der Waals surface area contributed by atoms with Crippen LogP contribution in [0, 0.1) is 0 Å². The van der Waals surface area contributed by atoms with Crippen molar-refractivity contribution in [1.29, 1.82) is 0 Å². The maximum atomic E-state index is 11.7. The highest BCUT2D eigenvalue weighted by Gasteiger charge is 2.15. The summed E-state index contributed by atoms with van der Waals surface area (Å²) in [6.07, 6.45) is 1.55. The number of nitrogen functional groups attached to an aromatic ring is 1. The molecular formula is C16H14N4OS. The van der Waals surface area contributed by atoms with E-state index < -0.39 is 5.91 Å². The minimum Gasteiger partial charge on any atom is -0.397 e. The number of hydrogen-bond donors (Lipinski definition) is 3. The molecule has 0 aliphatic carbocycles. The van der Waals surface area contributed by atoms with E-state index in [1.807, 2.05) is 30.3 Å². The minimum atomic E-state index is -0.476. The number of amides is 1. The van der Waals surface area contributed by atoms with Crippen LogP contribution in [0.1, 0.15) is 10.4 Å². The predicted molar refractivity (Wildman–Crippen MR) is 90.2 cm³/mol. The lowest BCUT2D eigenvalue weighted by Gasteiger charge is -2.04. The van der Waals surface area contributed by atoms with Crippen molar-refractivity contribution < 1.29 is 4.79 Å². The molecule has 0 spiro atoms. The van der Waals surface area contributed by atoms with E-state index in [0.29, 0.717) is 22.1 Å². The van der Waals surface area contributed by atoms with Gasteiger partial charge >= 0.3 is 0 Å². The van der Waals surface area contributed by atoms with Crippen molar-refractivity contribution in [2.24, 2.45) is 5.73 Å². The van der Waals surface area contributed by atoms with Gasteiger partial charge < -0.3 is 16.8 Å². The van der Waals surface area contributed by atoms with E-state index in [0.717, 1.165) is 10.4 Å². The summed E-state index contributed by atoms with van der Waals surface area (Å²) in [7, 11) is 0. The van der Waals surface area contributed by atoms with Crippen molar-refractivity contribution in [3.63, 3.8) is 0 Å². The van der Waals surface area contributed by atoms with Gasteiger partial charge in [-0.15, -0.1) is 11.3 Å². The van der Waals surface area contributed by atoms with Crippen molar-refractivity contribution >= 4 is 33.8 Å². The van der Waals surface area contributed by atoms with E-state index >= 15 is 0 Å². The SMILES string of the molecule is NC(=O)c1cc(-c2ccccc2)sc1Nc1ccc(N)cn1. The Kier molecular flexibility index (Phi) is 3.76. The molecule has 6 heteroatoms. The molecule has 0 unspecified atom stereocenters. The Balaban J connectivity index is 1.97. The first-order valence-electron chi connectivity index (χ1n) is 6.61. The maximum absolute atomic E-state index is 11.7. The average Bonchev–Trinajstić information content (AvgIpc) is 2.95. The Morgan fingerprint density at radius 2 is 1.91 bits per heavy atom. The number of thiophene rings is 1. The van der Waals surface area contributed by atoms with Gasteiger partial charge in [0.15, 0.2) is 0 Å². The number of anilines is 3. The third-order valence-electron chi connectivity index (χ3n) is 3.08. The Hall–Kier alpha value is -2.86. The molecule has 0 aliphatic rings. The van der Waals surface area contributed by atoms with E-state index in [-0.39, 0.29) is 0 Å². The van der Waals surface area contributed by atoms with Gasteiger partial charge in [-0.2, -0.15) is 0 Å². The van der Waals surface area contributed by atoms with Crippen LogP contribution in [0.15, 0.2) is 54.7 Å². The van der Waals surface area contributed by atoms with Crippen LogP contribution in [-0.4, -0.2) is 10.9 Å². The van der Waals surface area contributed by atoms with Gasteiger partial charge in [-0.3, -0.25) is 4.79 Å². The molecule has 0 saturated heterocycles. The molecule has 0 radical (unpaired) electrons. The highest BCUT2D eigenvalue weighted by molar-refractivity contribution is 7.19. The highest BCUT2D eigenvalue weighted by Crippen LogP contribution is 2.36. The molecule has 22 heavy (non-hydrogen) atoms. The lowest BCUT2D eigenvalue weighted by atomic mass is 10.1. The number of pyridine rings is 1. The molecule has 5 N–H and O–H groups in total. The molecular weight excluding hydrogens is 296 g/mol. The van der Waals surface area contributed by atoms with Crippen molar-refractivity contribution in [3.8, 4) is 10.4 Å². The van der Waals surface area contributed by atoms with Gasteiger partial charge in [0.2, 0.25) is 0 Å². The van der Waals surface area contributed by atoms with Gasteiger partial charge in [0.25, 0.3) is 5.91 Å². The number of nitrogens with two attached hydrogens (primary N) is 2. The number of nitrogens with one attached hydrogen (secondary N) is 1. The summed E-state index contributed by atoms with van der Waals surface area (Å²) < 4.78 is 0. The molecule has 0 saturated carbocycles. The Bertz CT molecular complexity index is 797. The lowest BCUT2D eigenvalue weighted by molar-refractivity contribution is 0.100. The topological polar surface area (TPSA) is 94.0 Å². The zero-order chi connectivity index (χ0) is 15.5. The standard InChI is InChI=1S/C16H14N4OS/c17-11-6-7-14(19-9-11)20-16-12(15(18)21)8-13(22-16)10-4-2-1-3-5-10/h1-9H,17H2,(H2,18,21)(H,19,20). The summed E-state index contributed by atoms with van der Waals surface area (Å²) in [5.41, 5.74) is 13.2. The smallest absolute Gasteiger partial charge is 0.251 e. The van der Waals surface area contributed by atoms with Crippen molar-refractivity contribution in [2.75, 3.05) is 11.1 Å². The summed E-state index contributed by atoms with van der Waals surface area (Å²) in [5, 5.41) is 3.79. The summed E-state index contributed by atoms with van der Waals surface area (Å²) in [5.74, 6) is 0.134. The van der Waals surface area contributed by atoms with E-state index in [1.165, 1.54) is 11.3 Å². The molecule has 1 aromatic carbocycles. The van der Waals surface area contributed by atoms with Crippen LogP contribution in [0.2, 0.25) is 0 Å². The van der Waals surface area contributed by atoms with Crippen LogP contribution in [-0.2, 0) is 0 Å². The second-order valence-electron chi connectivity index (χ2n) is 4.69. The molecule has 1 amide bonds. The van der Waals surface area contributed by atoms with E-state index in [9.17, 15) is 4.79 Å². The number of benzene rings is 1. The zero-order valence-electron chi connectivity index (χ0n) is 11.6. The van der Waals surface area contributed by atoms with E-state index in [2.05, 4.69) is 10.3 Å². The number of aromatic nitrogens is 1. The van der Waals surface area contributed by atoms with Gasteiger partial charge in [0.05, 0.1) is 17.4 Å². The van der Waals surface area contributed by atoms with Crippen LogP contribution in [0.4, 0.5) is 16.5 Å². The molecule has 0 fully saturated rings. The fraction of sp³-hybridized carbons (Fsp3) is 0. The van der Waals surface area contributed by atoms with Gasteiger partial charge in [0.1, 0.15) is 10.8 Å². The number of carbonyl (C=O) groups excluding carboxylic acids is 1. The second-order valence-corrected chi connectivity index (χ2v) is 5.74. The van der Waals surface area contributed by atoms with Gasteiger partial charge in [-0.05, 0) is 23.8 Å². The number of primary amides is 1. The van der Waals surface area contributed by atoms with Gasteiger partial charge in [-0.1, -0.05) is 30.3 Å². The number of carbonyl (C=O) groups is 1. The molecule has 2 heterocycles. The third-order valence-corrected chi connectivity index (χ3v) is 4.18. The largest absolute Gasteiger partial charge is 0.397 e. The first-order chi connectivity index (χ1) is 10.6. The zero-order valence-corrected chi connectivity index (χ0v) is 12.4.